The molecule has 7 nitrogen and oxygen atoms in total. The monoisotopic (exact) mass is 355 g/mol. The minimum absolute atomic E-state index is 0.0609. The second-order valence-corrected chi connectivity index (χ2v) is 7.85. The molecular weight excluding hydrogens is 330 g/mol. The van der Waals surface area contributed by atoms with Crippen LogP contribution in [0.4, 0.5) is 0 Å². The van der Waals surface area contributed by atoms with E-state index in [0.29, 0.717) is 25.5 Å². The summed E-state index contributed by atoms with van der Waals surface area (Å²) in [6.07, 6.45) is 1.42. The zero-order valence-corrected chi connectivity index (χ0v) is 14.9. The van der Waals surface area contributed by atoms with Gasteiger partial charge in [-0.15, -0.1) is 0 Å². The minimum atomic E-state index is -2.89. The highest BCUT2D eigenvalue weighted by atomic mass is 32.2. The highest BCUT2D eigenvalue weighted by Crippen LogP contribution is 2.18. The van der Waals surface area contributed by atoms with Gasteiger partial charge in [0.25, 0.3) is 0 Å². The van der Waals surface area contributed by atoms with Crippen molar-refractivity contribution in [3.05, 3.63) is 24.3 Å². The van der Waals surface area contributed by atoms with Crippen LogP contribution in [0.3, 0.4) is 0 Å². The van der Waals surface area contributed by atoms with Crippen LogP contribution >= 0.6 is 0 Å². The molecule has 8 heteroatoms. The van der Waals surface area contributed by atoms with E-state index in [9.17, 15) is 8.42 Å². The molecule has 1 fully saturated rings. The molecule has 0 aromatic heterocycles. The second kappa shape index (κ2) is 8.77. The Morgan fingerprint density at radius 3 is 2.83 bits per heavy atom. The average molecular weight is 355 g/mol. The molecule has 1 heterocycles. The maximum atomic E-state index is 11.5. The predicted molar refractivity (Wildman–Crippen MR) is 94.7 cm³/mol. The van der Waals surface area contributed by atoms with Crippen LogP contribution < -0.4 is 20.1 Å². The minimum Gasteiger partial charge on any atom is -0.497 e. The highest BCUT2D eigenvalue weighted by molar-refractivity contribution is 7.91. The molecule has 1 aliphatic rings. The van der Waals surface area contributed by atoms with Crippen molar-refractivity contribution in [3.63, 3.8) is 0 Å². The van der Waals surface area contributed by atoms with Crippen LogP contribution in [-0.2, 0) is 9.84 Å². The van der Waals surface area contributed by atoms with Gasteiger partial charge in [0.1, 0.15) is 11.5 Å². The largest absolute Gasteiger partial charge is 0.497 e. The second-order valence-electron chi connectivity index (χ2n) is 5.62. The van der Waals surface area contributed by atoms with E-state index in [4.69, 9.17) is 9.47 Å². The van der Waals surface area contributed by atoms with Crippen LogP contribution in [0, 0.1) is 0 Å². The molecule has 2 rings (SSSR count). The Kier molecular flexibility index (Phi) is 6.72. The number of nitrogens with zero attached hydrogens (tertiary/aromatic N) is 1. The van der Waals surface area contributed by atoms with Gasteiger partial charge in [0.2, 0.25) is 0 Å². The van der Waals surface area contributed by atoms with Crippen molar-refractivity contribution < 1.29 is 17.9 Å². The predicted octanol–water partition coefficient (Wildman–Crippen LogP) is 0.816. The SMILES string of the molecule is CN=C(NCCCOc1cccc(OC)c1)NC1CCS(=O)(=O)C1. The molecule has 0 radical (unpaired) electrons. The molecule has 134 valence electrons. The number of ether oxygens (including phenoxy) is 2. The van der Waals surface area contributed by atoms with Crippen LogP contribution in [0.5, 0.6) is 11.5 Å². The molecule has 1 unspecified atom stereocenters. The number of hydrogen-bond acceptors (Lipinski definition) is 5. The summed E-state index contributed by atoms with van der Waals surface area (Å²) in [6.45, 7) is 1.25. The Morgan fingerprint density at radius 1 is 1.38 bits per heavy atom. The zero-order valence-electron chi connectivity index (χ0n) is 14.1. The molecular formula is C16H25N3O4S. The first kappa shape index (κ1) is 18.4. The molecule has 0 bridgehead atoms. The number of sulfone groups is 1. The van der Waals surface area contributed by atoms with E-state index in [1.54, 1.807) is 14.2 Å². The van der Waals surface area contributed by atoms with Crippen LogP contribution in [0.2, 0.25) is 0 Å². The summed E-state index contributed by atoms with van der Waals surface area (Å²) in [4.78, 5) is 4.12. The fourth-order valence-electron chi connectivity index (χ4n) is 2.46. The van der Waals surface area contributed by atoms with E-state index in [2.05, 4.69) is 15.6 Å². The summed E-state index contributed by atoms with van der Waals surface area (Å²) in [5.41, 5.74) is 0. The van der Waals surface area contributed by atoms with Crippen LogP contribution in [0.15, 0.2) is 29.3 Å². The lowest BCUT2D eigenvalue weighted by atomic mass is 10.3. The number of rotatable bonds is 7. The van der Waals surface area contributed by atoms with Gasteiger partial charge in [0.05, 0.1) is 25.2 Å². The summed E-state index contributed by atoms with van der Waals surface area (Å²) in [6, 6.07) is 7.42. The van der Waals surface area contributed by atoms with E-state index in [0.717, 1.165) is 17.9 Å². The maximum Gasteiger partial charge on any atom is 0.191 e. The van der Waals surface area contributed by atoms with Crippen molar-refractivity contribution in [3.8, 4) is 11.5 Å². The summed E-state index contributed by atoms with van der Waals surface area (Å²) >= 11 is 0. The lowest BCUT2D eigenvalue weighted by molar-refractivity contribution is 0.308. The normalized spacial score (nSPS) is 19.8. The fraction of sp³-hybridized carbons (Fsp3) is 0.562. The van der Waals surface area contributed by atoms with E-state index in [-0.39, 0.29) is 17.5 Å². The lowest BCUT2D eigenvalue weighted by Gasteiger charge is -2.16. The number of aliphatic imine (C=N–C) groups is 1. The van der Waals surface area contributed by atoms with Gasteiger partial charge < -0.3 is 20.1 Å². The quantitative estimate of drug-likeness (QED) is 0.428. The number of benzene rings is 1. The molecule has 1 atom stereocenters. The first-order chi connectivity index (χ1) is 11.5. The summed E-state index contributed by atoms with van der Waals surface area (Å²) in [5.74, 6) is 2.58. The number of hydrogen-bond donors (Lipinski definition) is 2. The van der Waals surface area contributed by atoms with E-state index in [1.165, 1.54) is 0 Å². The fourth-order valence-corrected chi connectivity index (χ4v) is 4.13. The third kappa shape index (κ3) is 5.92. The van der Waals surface area contributed by atoms with Gasteiger partial charge >= 0.3 is 0 Å². The molecule has 0 amide bonds. The molecule has 0 aliphatic carbocycles. The van der Waals surface area contributed by atoms with Gasteiger partial charge in [-0.1, -0.05) is 6.07 Å². The number of nitrogens with one attached hydrogen (secondary N) is 2. The molecule has 1 saturated heterocycles. The smallest absolute Gasteiger partial charge is 0.191 e. The standard InChI is InChI=1S/C16H25N3O4S/c1-17-16(19-13-7-10-24(20,21)12-13)18-8-4-9-23-15-6-3-5-14(11-15)22-2/h3,5-6,11,13H,4,7-10,12H2,1-2H3,(H2,17,18,19). The van der Waals surface area contributed by atoms with Gasteiger partial charge in [-0.05, 0) is 25.0 Å². The summed E-state index contributed by atoms with van der Waals surface area (Å²) in [7, 11) is 0.404. The van der Waals surface area contributed by atoms with Crippen molar-refractivity contribution >= 4 is 15.8 Å². The molecule has 0 saturated carbocycles. The van der Waals surface area contributed by atoms with Gasteiger partial charge in [-0.2, -0.15) is 0 Å². The van der Waals surface area contributed by atoms with Crippen LogP contribution in [0.25, 0.3) is 0 Å². The Morgan fingerprint density at radius 2 is 2.17 bits per heavy atom. The molecule has 0 spiro atoms. The van der Waals surface area contributed by atoms with Gasteiger partial charge in [-0.25, -0.2) is 8.42 Å². The number of guanidine groups is 1. The van der Waals surface area contributed by atoms with E-state index < -0.39 is 9.84 Å². The first-order valence-corrected chi connectivity index (χ1v) is 9.79. The average Bonchev–Trinajstić information content (AvgIpc) is 2.92. The molecule has 1 aliphatic heterocycles. The van der Waals surface area contributed by atoms with Crippen molar-refractivity contribution in [1.29, 1.82) is 0 Å². The van der Waals surface area contributed by atoms with Gasteiger partial charge in [0, 0.05) is 25.7 Å². The third-order valence-corrected chi connectivity index (χ3v) is 5.49. The lowest BCUT2D eigenvalue weighted by Crippen LogP contribution is -2.44. The van der Waals surface area contributed by atoms with Crippen molar-refractivity contribution in [1.82, 2.24) is 10.6 Å². The first-order valence-electron chi connectivity index (χ1n) is 7.97. The van der Waals surface area contributed by atoms with Gasteiger partial charge in [0.15, 0.2) is 15.8 Å². The zero-order chi connectivity index (χ0) is 17.4. The Hall–Kier alpha value is -1.96. The Balaban J connectivity index is 1.65. The summed E-state index contributed by atoms with van der Waals surface area (Å²) < 4.78 is 33.7. The Labute approximate surface area is 143 Å². The molecule has 2 N–H and O–H groups in total. The van der Waals surface area contributed by atoms with Crippen molar-refractivity contribution in [2.45, 2.75) is 18.9 Å². The highest BCUT2D eigenvalue weighted by Gasteiger charge is 2.28. The van der Waals surface area contributed by atoms with Crippen LogP contribution in [-0.4, -0.2) is 59.2 Å². The van der Waals surface area contributed by atoms with Gasteiger partial charge in [-0.3, -0.25) is 4.99 Å². The summed E-state index contributed by atoms with van der Waals surface area (Å²) in [5, 5.41) is 6.32. The third-order valence-electron chi connectivity index (χ3n) is 3.72. The molecule has 24 heavy (non-hydrogen) atoms. The van der Waals surface area contributed by atoms with Crippen molar-refractivity contribution in [2.24, 2.45) is 4.99 Å². The maximum absolute atomic E-state index is 11.5. The molecule has 1 aromatic rings. The van der Waals surface area contributed by atoms with Crippen LogP contribution in [0.1, 0.15) is 12.8 Å². The number of methoxy groups -OCH3 is 1. The Bertz CT molecular complexity index is 661. The van der Waals surface area contributed by atoms with E-state index >= 15 is 0 Å². The molecule has 1 aromatic carbocycles. The van der Waals surface area contributed by atoms with E-state index in [1.807, 2.05) is 24.3 Å². The van der Waals surface area contributed by atoms with Crippen molar-refractivity contribution in [2.75, 3.05) is 38.8 Å². The topological polar surface area (TPSA) is 89.0 Å².